The molecule has 2 unspecified atom stereocenters. The summed E-state index contributed by atoms with van der Waals surface area (Å²) in [4.78, 5) is 4.21. The molecule has 1 saturated heterocycles. The molecule has 2 nitrogen and oxygen atoms in total. The van der Waals surface area contributed by atoms with Crippen molar-refractivity contribution in [2.75, 3.05) is 13.1 Å². The summed E-state index contributed by atoms with van der Waals surface area (Å²) in [5.41, 5.74) is 2.81. The van der Waals surface area contributed by atoms with Crippen molar-refractivity contribution < 1.29 is 0 Å². The van der Waals surface area contributed by atoms with Crippen LogP contribution in [0.15, 0.2) is 30.6 Å². The fourth-order valence-electron chi connectivity index (χ4n) is 2.97. The third-order valence-corrected chi connectivity index (χ3v) is 3.91. The van der Waals surface area contributed by atoms with E-state index in [0.717, 1.165) is 18.4 Å². The highest BCUT2D eigenvalue weighted by Crippen LogP contribution is 2.36. The van der Waals surface area contributed by atoms with Crippen LogP contribution in [0.3, 0.4) is 0 Å². The molecule has 1 fully saturated rings. The van der Waals surface area contributed by atoms with Crippen LogP contribution in [0.25, 0.3) is 5.57 Å². The van der Waals surface area contributed by atoms with Crippen LogP contribution in [-0.4, -0.2) is 18.1 Å². The molecule has 0 aromatic carbocycles. The lowest BCUT2D eigenvalue weighted by Crippen LogP contribution is -2.37. The van der Waals surface area contributed by atoms with E-state index in [1.165, 1.54) is 36.9 Å². The Morgan fingerprint density at radius 3 is 3.19 bits per heavy atom. The number of nitrogens with zero attached hydrogens (tertiary/aromatic N) is 1. The molecule has 3 rings (SSSR count). The Bertz CT molecular complexity index is 383. The predicted molar refractivity (Wildman–Crippen MR) is 65.9 cm³/mol. The maximum absolute atomic E-state index is 4.21. The van der Waals surface area contributed by atoms with E-state index >= 15 is 0 Å². The number of rotatable bonds is 1. The zero-order chi connectivity index (χ0) is 10.8. The highest BCUT2D eigenvalue weighted by molar-refractivity contribution is 5.65. The minimum Gasteiger partial charge on any atom is -0.316 e. The minimum atomic E-state index is 0.748. The number of hydrogen-bond donors (Lipinski definition) is 1. The van der Waals surface area contributed by atoms with Crippen molar-refractivity contribution in [2.45, 2.75) is 19.3 Å². The second-order valence-corrected chi connectivity index (χ2v) is 4.89. The predicted octanol–water partition coefficient (Wildman–Crippen LogP) is 2.48. The lowest BCUT2D eigenvalue weighted by Gasteiger charge is -2.34. The Balaban J connectivity index is 1.84. The molecule has 2 heterocycles. The van der Waals surface area contributed by atoms with Gasteiger partial charge in [0, 0.05) is 18.9 Å². The van der Waals surface area contributed by atoms with Gasteiger partial charge in [0.25, 0.3) is 0 Å². The van der Waals surface area contributed by atoms with E-state index in [1.807, 2.05) is 18.5 Å². The minimum absolute atomic E-state index is 0.748. The van der Waals surface area contributed by atoms with E-state index in [0.29, 0.717) is 0 Å². The van der Waals surface area contributed by atoms with E-state index in [-0.39, 0.29) is 0 Å². The molecule has 1 aliphatic carbocycles. The van der Waals surface area contributed by atoms with E-state index < -0.39 is 0 Å². The van der Waals surface area contributed by atoms with Gasteiger partial charge in [-0.25, -0.2) is 0 Å². The Morgan fingerprint density at radius 2 is 2.31 bits per heavy atom. The molecule has 2 aliphatic rings. The van der Waals surface area contributed by atoms with E-state index in [1.54, 1.807) is 0 Å². The molecule has 0 saturated carbocycles. The molecule has 84 valence electrons. The van der Waals surface area contributed by atoms with Crippen LogP contribution in [0.4, 0.5) is 0 Å². The van der Waals surface area contributed by atoms with Crippen LogP contribution in [0.5, 0.6) is 0 Å². The quantitative estimate of drug-likeness (QED) is 0.777. The van der Waals surface area contributed by atoms with Gasteiger partial charge in [0.15, 0.2) is 0 Å². The first-order valence-corrected chi connectivity index (χ1v) is 6.25. The zero-order valence-corrected chi connectivity index (χ0v) is 9.52. The third kappa shape index (κ3) is 1.90. The summed E-state index contributed by atoms with van der Waals surface area (Å²) in [6.45, 7) is 2.37. The molecule has 1 aromatic rings. The highest BCUT2D eigenvalue weighted by atomic mass is 14.9. The molecule has 0 spiro atoms. The number of hydrogen-bond acceptors (Lipinski definition) is 2. The van der Waals surface area contributed by atoms with Crippen molar-refractivity contribution in [3.63, 3.8) is 0 Å². The van der Waals surface area contributed by atoms with Crippen molar-refractivity contribution >= 4 is 5.57 Å². The topological polar surface area (TPSA) is 24.9 Å². The van der Waals surface area contributed by atoms with Crippen molar-refractivity contribution in [1.82, 2.24) is 10.3 Å². The van der Waals surface area contributed by atoms with Crippen LogP contribution in [0.1, 0.15) is 24.8 Å². The summed E-state index contributed by atoms with van der Waals surface area (Å²) in [6, 6.07) is 4.21. The molecule has 1 aromatic heterocycles. The number of piperidine rings is 1. The van der Waals surface area contributed by atoms with Crippen molar-refractivity contribution in [2.24, 2.45) is 11.8 Å². The van der Waals surface area contributed by atoms with Crippen molar-refractivity contribution in [3.05, 3.63) is 36.2 Å². The van der Waals surface area contributed by atoms with Crippen LogP contribution >= 0.6 is 0 Å². The highest BCUT2D eigenvalue weighted by Gasteiger charge is 2.27. The number of fused-ring (bicyclic) bond motifs is 1. The van der Waals surface area contributed by atoms with Crippen LogP contribution in [-0.2, 0) is 0 Å². The number of nitrogens with one attached hydrogen (secondary N) is 1. The smallest absolute Gasteiger partial charge is 0.0342 e. The van der Waals surface area contributed by atoms with Gasteiger partial charge in [-0.05, 0) is 54.8 Å². The maximum atomic E-state index is 4.21. The maximum Gasteiger partial charge on any atom is 0.0342 e. The van der Waals surface area contributed by atoms with Crippen molar-refractivity contribution in [1.29, 1.82) is 0 Å². The van der Waals surface area contributed by atoms with Gasteiger partial charge in [-0.15, -0.1) is 0 Å². The van der Waals surface area contributed by atoms with E-state index in [9.17, 15) is 0 Å². The Labute approximate surface area is 96.8 Å². The average Bonchev–Trinajstić information content (AvgIpc) is 2.39. The Kier molecular flexibility index (Phi) is 2.75. The summed E-state index contributed by atoms with van der Waals surface area (Å²) in [6.07, 6.45) is 10.2. The molecule has 2 atom stereocenters. The Morgan fingerprint density at radius 1 is 1.31 bits per heavy atom. The second kappa shape index (κ2) is 4.38. The molecule has 1 N–H and O–H groups in total. The lowest BCUT2D eigenvalue weighted by atomic mass is 9.76. The fourth-order valence-corrected chi connectivity index (χ4v) is 2.97. The largest absolute Gasteiger partial charge is 0.316 e. The van der Waals surface area contributed by atoms with Gasteiger partial charge in [0.1, 0.15) is 0 Å². The lowest BCUT2D eigenvalue weighted by molar-refractivity contribution is 0.279. The van der Waals surface area contributed by atoms with Gasteiger partial charge in [0.2, 0.25) is 0 Å². The SMILES string of the molecule is C1=C(c2cccnc2)CCC2CCNCC12. The standard InChI is InChI=1S/C14H18N2/c1-2-13(9-15-6-1)12-4-3-11-5-7-16-10-14(11)8-12/h1-2,6,8-9,11,14,16H,3-5,7,10H2. The van der Waals surface area contributed by atoms with Crippen LogP contribution < -0.4 is 5.32 Å². The van der Waals surface area contributed by atoms with Crippen LogP contribution in [0.2, 0.25) is 0 Å². The normalized spacial score (nSPS) is 29.4. The monoisotopic (exact) mass is 214 g/mol. The molecule has 0 bridgehead atoms. The van der Waals surface area contributed by atoms with Gasteiger partial charge in [0.05, 0.1) is 0 Å². The van der Waals surface area contributed by atoms with Gasteiger partial charge in [-0.1, -0.05) is 12.1 Å². The molecule has 1 aliphatic heterocycles. The first-order valence-electron chi connectivity index (χ1n) is 6.25. The van der Waals surface area contributed by atoms with Gasteiger partial charge >= 0.3 is 0 Å². The Hall–Kier alpha value is -1.15. The third-order valence-electron chi connectivity index (χ3n) is 3.91. The van der Waals surface area contributed by atoms with Crippen molar-refractivity contribution in [3.8, 4) is 0 Å². The van der Waals surface area contributed by atoms with Gasteiger partial charge < -0.3 is 5.32 Å². The summed E-state index contributed by atoms with van der Waals surface area (Å²) in [5.74, 6) is 1.67. The number of aromatic nitrogens is 1. The molecule has 2 heteroatoms. The summed E-state index contributed by atoms with van der Waals surface area (Å²) < 4.78 is 0. The number of pyridine rings is 1. The molecule has 0 radical (unpaired) electrons. The summed E-state index contributed by atoms with van der Waals surface area (Å²) in [5, 5.41) is 3.50. The van der Waals surface area contributed by atoms with Gasteiger partial charge in [-0.3, -0.25) is 4.98 Å². The van der Waals surface area contributed by atoms with E-state index in [4.69, 9.17) is 0 Å². The first-order chi connectivity index (χ1) is 7.93. The first kappa shape index (κ1) is 10.0. The molecular weight excluding hydrogens is 196 g/mol. The average molecular weight is 214 g/mol. The fraction of sp³-hybridized carbons (Fsp3) is 0.500. The molecular formula is C14H18N2. The van der Waals surface area contributed by atoms with Crippen LogP contribution in [0, 0.1) is 11.8 Å². The summed E-state index contributed by atoms with van der Waals surface area (Å²) >= 11 is 0. The van der Waals surface area contributed by atoms with E-state index in [2.05, 4.69) is 22.4 Å². The van der Waals surface area contributed by atoms with Gasteiger partial charge in [-0.2, -0.15) is 0 Å². The zero-order valence-electron chi connectivity index (χ0n) is 9.52. The second-order valence-electron chi connectivity index (χ2n) is 4.89. The summed E-state index contributed by atoms with van der Waals surface area (Å²) in [7, 11) is 0. The molecule has 0 amide bonds. The number of allylic oxidation sites excluding steroid dienone is 1. The molecule has 16 heavy (non-hydrogen) atoms.